The highest BCUT2D eigenvalue weighted by atomic mass is 19.1. The number of halogens is 2. The molecule has 0 bridgehead atoms. The van der Waals surface area contributed by atoms with Gasteiger partial charge in [-0.05, 0) is 31.3 Å². The molecule has 5 rings (SSSR count). The van der Waals surface area contributed by atoms with Crippen molar-refractivity contribution in [3.05, 3.63) is 71.3 Å². The third kappa shape index (κ3) is 4.83. The van der Waals surface area contributed by atoms with Gasteiger partial charge in [-0.3, -0.25) is 19.3 Å². The van der Waals surface area contributed by atoms with Gasteiger partial charge in [0, 0.05) is 63.7 Å². The summed E-state index contributed by atoms with van der Waals surface area (Å²) >= 11 is 0. The van der Waals surface area contributed by atoms with Crippen molar-refractivity contribution in [2.45, 2.75) is 24.6 Å². The van der Waals surface area contributed by atoms with Crippen molar-refractivity contribution in [3.8, 4) is 0 Å². The third-order valence-corrected chi connectivity index (χ3v) is 7.59. The van der Waals surface area contributed by atoms with Gasteiger partial charge in [-0.1, -0.05) is 18.2 Å². The number of carbonyl (C=O) groups is 3. The van der Waals surface area contributed by atoms with Gasteiger partial charge in [0.2, 0.25) is 5.91 Å². The van der Waals surface area contributed by atoms with E-state index in [9.17, 15) is 23.2 Å². The molecule has 37 heavy (non-hydrogen) atoms. The molecule has 3 saturated heterocycles. The Hall–Kier alpha value is -3.37. The molecule has 2 aromatic rings. The fourth-order valence-electron chi connectivity index (χ4n) is 5.41. The first-order valence-corrected chi connectivity index (χ1v) is 12.5. The Bertz CT molecular complexity index is 1180. The molecule has 10 heteroatoms. The fraction of sp³-hybridized carbons (Fsp3) is 0.444. The lowest BCUT2D eigenvalue weighted by Gasteiger charge is -2.45. The van der Waals surface area contributed by atoms with Gasteiger partial charge in [0.15, 0.2) is 0 Å². The van der Waals surface area contributed by atoms with Gasteiger partial charge < -0.3 is 19.4 Å². The van der Waals surface area contributed by atoms with E-state index in [1.807, 2.05) is 13.1 Å². The van der Waals surface area contributed by atoms with Gasteiger partial charge in [-0.25, -0.2) is 8.78 Å². The molecule has 8 nitrogen and oxygen atoms in total. The number of rotatable bonds is 3. The summed E-state index contributed by atoms with van der Waals surface area (Å²) in [5.41, 5.74) is -0.807. The van der Waals surface area contributed by atoms with Gasteiger partial charge in [0.25, 0.3) is 11.8 Å². The number of ether oxygens (including phenoxy) is 1. The van der Waals surface area contributed by atoms with Crippen LogP contribution in [0.2, 0.25) is 0 Å². The Balaban J connectivity index is 1.38. The lowest BCUT2D eigenvalue weighted by atomic mass is 9.96. The minimum atomic E-state index is -1.06. The molecule has 1 spiro atoms. The number of amides is 3. The zero-order chi connectivity index (χ0) is 26.2. The summed E-state index contributed by atoms with van der Waals surface area (Å²) in [6.07, 6.45) is 0.541. The Morgan fingerprint density at radius 1 is 0.865 bits per heavy atom. The maximum absolute atomic E-state index is 14.2. The fourth-order valence-corrected chi connectivity index (χ4v) is 5.41. The lowest BCUT2D eigenvalue weighted by molar-refractivity contribution is -0.139. The zero-order valence-electron chi connectivity index (χ0n) is 20.7. The normalized spacial score (nSPS) is 21.9. The van der Waals surface area contributed by atoms with E-state index in [1.165, 1.54) is 4.90 Å². The summed E-state index contributed by atoms with van der Waals surface area (Å²) in [6.45, 7) is 3.15. The van der Waals surface area contributed by atoms with Crippen molar-refractivity contribution < 1.29 is 27.9 Å². The van der Waals surface area contributed by atoms with Gasteiger partial charge in [0.05, 0.1) is 12.2 Å². The Morgan fingerprint density at radius 3 is 2.19 bits per heavy atom. The first-order valence-electron chi connectivity index (χ1n) is 12.5. The first-order chi connectivity index (χ1) is 17.8. The molecule has 0 saturated carbocycles. The van der Waals surface area contributed by atoms with Crippen molar-refractivity contribution in [1.82, 2.24) is 19.6 Å². The molecule has 3 aliphatic heterocycles. The van der Waals surface area contributed by atoms with Crippen molar-refractivity contribution in [1.29, 1.82) is 0 Å². The SMILES string of the molecule is CN1CCN(C(=O)C2COC3(CCN(C(=O)c4ccc(F)cc4F)CC3)N2C(=O)c2ccccc2)CC1. The molecule has 1 atom stereocenters. The Morgan fingerprint density at radius 2 is 1.54 bits per heavy atom. The number of likely N-dealkylation sites (N-methyl/N-ethyl adjacent to an activating group) is 1. The lowest BCUT2D eigenvalue weighted by Crippen LogP contribution is -2.61. The molecule has 1 unspecified atom stereocenters. The zero-order valence-corrected chi connectivity index (χ0v) is 20.7. The number of piperidine rings is 1. The predicted octanol–water partition coefficient (Wildman–Crippen LogP) is 2.21. The van der Waals surface area contributed by atoms with E-state index in [0.717, 1.165) is 25.2 Å². The smallest absolute Gasteiger partial charge is 0.256 e. The van der Waals surface area contributed by atoms with Crippen LogP contribution in [0.15, 0.2) is 48.5 Å². The molecule has 0 radical (unpaired) electrons. The third-order valence-electron chi connectivity index (χ3n) is 7.59. The second-order valence-corrected chi connectivity index (χ2v) is 9.86. The van der Waals surface area contributed by atoms with Crippen LogP contribution in [0.3, 0.4) is 0 Å². The molecule has 0 aliphatic carbocycles. The van der Waals surface area contributed by atoms with Crippen LogP contribution in [0.1, 0.15) is 33.6 Å². The van der Waals surface area contributed by atoms with Crippen LogP contribution in [-0.2, 0) is 9.53 Å². The maximum Gasteiger partial charge on any atom is 0.256 e. The van der Waals surface area contributed by atoms with E-state index in [4.69, 9.17) is 4.74 Å². The second kappa shape index (κ2) is 10.2. The van der Waals surface area contributed by atoms with E-state index < -0.39 is 29.3 Å². The minimum Gasteiger partial charge on any atom is -0.353 e. The number of hydrogen-bond donors (Lipinski definition) is 0. The van der Waals surface area contributed by atoms with Gasteiger partial charge in [-0.15, -0.1) is 0 Å². The van der Waals surface area contributed by atoms with Crippen molar-refractivity contribution in [2.24, 2.45) is 0 Å². The number of benzene rings is 2. The molecule has 196 valence electrons. The topological polar surface area (TPSA) is 73.4 Å². The second-order valence-electron chi connectivity index (χ2n) is 9.86. The summed E-state index contributed by atoms with van der Waals surface area (Å²) in [7, 11) is 2.01. The molecule has 0 N–H and O–H groups in total. The van der Waals surface area contributed by atoms with Crippen LogP contribution in [0.4, 0.5) is 8.78 Å². The Kier molecular flexibility index (Phi) is 6.96. The van der Waals surface area contributed by atoms with E-state index in [-0.39, 0.29) is 49.9 Å². The molecular weight excluding hydrogens is 482 g/mol. The first kappa shape index (κ1) is 25.3. The molecule has 3 fully saturated rings. The molecule has 3 aliphatic rings. The van der Waals surface area contributed by atoms with E-state index in [0.29, 0.717) is 24.7 Å². The molecule has 2 aromatic carbocycles. The Labute approximate surface area is 214 Å². The average Bonchev–Trinajstić information content (AvgIpc) is 3.27. The summed E-state index contributed by atoms with van der Waals surface area (Å²) in [5, 5.41) is 0. The van der Waals surface area contributed by atoms with E-state index in [1.54, 1.807) is 34.1 Å². The van der Waals surface area contributed by atoms with Crippen LogP contribution in [0.5, 0.6) is 0 Å². The molecule has 0 aromatic heterocycles. The molecular formula is C27H30F2N4O4. The van der Waals surface area contributed by atoms with Crippen LogP contribution < -0.4 is 0 Å². The van der Waals surface area contributed by atoms with Crippen molar-refractivity contribution in [2.75, 3.05) is 52.9 Å². The average molecular weight is 513 g/mol. The van der Waals surface area contributed by atoms with E-state index >= 15 is 0 Å². The monoisotopic (exact) mass is 512 g/mol. The standard InChI is InChI=1S/C27H30F2N4O4/c1-30-13-15-32(16-14-30)26(36)23-18-37-27(33(23)24(34)19-5-3-2-4-6-19)9-11-31(12-10-27)25(35)21-8-7-20(28)17-22(21)29/h2-8,17,23H,9-16,18H2,1H3. The van der Waals surface area contributed by atoms with Gasteiger partial charge >= 0.3 is 0 Å². The van der Waals surface area contributed by atoms with Gasteiger partial charge in [-0.2, -0.15) is 0 Å². The number of piperazine rings is 1. The summed E-state index contributed by atoms with van der Waals surface area (Å²) in [6, 6.07) is 10.9. The highest BCUT2D eigenvalue weighted by Crippen LogP contribution is 2.39. The summed E-state index contributed by atoms with van der Waals surface area (Å²) in [4.78, 5) is 47.3. The van der Waals surface area contributed by atoms with Crippen LogP contribution in [0.25, 0.3) is 0 Å². The molecule has 3 amide bonds. The quantitative estimate of drug-likeness (QED) is 0.631. The largest absolute Gasteiger partial charge is 0.353 e. The number of nitrogens with zero attached hydrogens (tertiary/aromatic N) is 4. The van der Waals surface area contributed by atoms with Gasteiger partial charge in [0.1, 0.15) is 23.4 Å². The maximum atomic E-state index is 14.2. The molecule has 3 heterocycles. The van der Waals surface area contributed by atoms with Crippen molar-refractivity contribution >= 4 is 17.7 Å². The predicted molar refractivity (Wildman–Crippen MR) is 131 cm³/mol. The summed E-state index contributed by atoms with van der Waals surface area (Å²) in [5.74, 6) is -2.65. The van der Waals surface area contributed by atoms with Crippen LogP contribution in [-0.4, -0.2) is 102 Å². The summed E-state index contributed by atoms with van der Waals surface area (Å²) < 4.78 is 33.8. The number of hydrogen-bond acceptors (Lipinski definition) is 5. The highest BCUT2D eigenvalue weighted by Gasteiger charge is 2.55. The minimum absolute atomic E-state index is 0.0737. The number of likely N-dealkylation sites (tertiary alicyclic amines) is 1. The van der Waals surface area contributed by atoms with Crippen LogP contribution in [0, 0.1) is 11.6 Å². The number of carbonyl (C=O) groups excluding carboxylic acids is 3. The van der Waals surface area contributed by atoms with Crippen LogP contribution >= 0.6 is 0 Å². The highest BCUT2D eigenvalue weighted by molar-refractivity contribution is 5.98. The van der Waals surface area contributed by atoms with E-state index in [2.05, 4.69) is 4.90 Å². The van der Waals surface area contributed by atoms with Crippen molar-refractivity contribution in [3.63, 3.8) is 0 Å².